The summed E-state index contributed by atoms with van der Waals surface area (Å²) in [5.41, 5.74) is 5.24. The smallest absolute Gasteiger partial charge is 0.280 e. The van der Waals surface area contributed by atoms with Crippen LogP contribution in [-0.4, -0.2) is 25.4 Å². The molecule has 3 N–H and O–H groups in total. The van der Waals surface area contributed by atoms with Crippen LogP contribution in [0.3, 0.4) is 0 Å². The highest BCUT2D eigenvalue weighted by Crippen LogP contribution is 2.22. The lowest BCUT2D eigenvalue weighted by Crippen LogP contribution is -2.16. The number of H-pyrrole nitrogens is 1. The number of nitrogens with one attached hydrogen (secondary N) is 1. The summed E-state index contributed by atoms with van der Waals surface area (Å²) >= 11 is 11.8. The minimum absolute atomic E-state index is 0.0163. The number of nitrogens with zero attached hydrogens (tertiary/aromatic N) is 3. The lowest BCUT2D eigenvalue weighted by Gasteiger charge is -2.05. The van der Waals surface area contributed by atoms with E-state index in [9.17, 15) is 9.59 Å². The van der Waals surface area contributed by atoms with Crippen LogP contribution >= 0.6 is 23.2 Å². The predicted octanol–water partition coefficient (Wildman–Crippen LogP) is 1.70. The molecule has 7 nitrogen and oxygen atoms in total. The van der Waals surface area contributed by atoms with Crippen molar-refractivity contribution in [2.75, 3.05) is 5.73 Å². The molecule has 0 fully saturated rings. The number of anilines is 1. The highest BCUT2D eigenvalue weighted by atomic mass is 35.5. The second-order valence-corrected chi connectivity index (χ2v) is 5.01. The Morgan fingerprint density at radius 2 is 2.10 bits per heavy atom. The van der Waals surface area contributed by atoms with Gasteiger partial charge in [0.05, 0.1) is 10.6 Å². The molecule has 106 valence electrons. The van der Waals surface area contributed by atoms with Crippen LogP contribution in [0.15, 0.2) is 29.3 Å². The first kappa shape index (κ1) is 13.6. The maximum absolute atomic E-state index is 12.5. The molecule has 0 saturated carbocycles. The molecule has 3 rings (SSSR count). The van der Waals surface area contributed by atoms with Crippen molar-refractivity contribution in [3.05, 3.63) is 50.5 Å². The summed E-state index contributed by atoms with van der Waals surface area (Å²) < 4.78 is 1.11. The molecule has 2 heterocycles. The Labute approximate surface area is 127 Å². The van der Waals surface area contributed by atoms with Crippen LogP contribution in [0.4, 0.5) is 5.95 Å². The zero-order valence-electron chi connectivity index (χ0n) is 10.3. The lowest BCUT2D eigenvalue weighted by atomic mass is 10.2. The molecule has 0 bridgehead atoms. The molecule has 21 heavy (non-hydrogen) atoms. The van der Waals surface area contributed by atoms with Crippen molar-refractivity contribution in [3.8, 4) is 0 Å². The molecule has 0 aliphatic rings. The third-order valence-corrected chi connectivity index (χ3v) is 3.35. The molecule has 0 spiro atoms. The van der Waals surface area contributed by atoms with Gasteiger partial charge in [-0.1, -0.05) is 23.2 Å². The second-order valence-electron chi connectivity index (χ2n) is 4.17. The third kappa shape index (κ3) is 2.26. The molecule has 0 atom stereocenters. The number of rotatable bonds is 1. The summed E-state index contributed by atoms with van der Waals surface area (Å²) in [5, 5.41) is 0.595. The standard InChI is InChI=1S/C12H7Cl2N5O2/c13-5-1-2-6(7(14)3-5)11(21)19-4-16-8-9(19)17-12(15)18-10(8)20/h1-4H,(H3,15,17,18,20). The van der Waals surface area contributed by atoms with Gasteiger partial charge in [-0.15, -0.1) is 0 Å². The number of hydrogen-bond acceptors (Lipinski definition) is 5. The molecule has 3 aromatic rings. The summed E-state index contributed by atoms with van der Waals surface area (Å²) in [4.78, 5) is 34.2. The van der Waals surface area contributed by atoms with E-state index in [1.807, 2.05) is 0 Å². The maximum atomic E-state index is 12.5. The van der Waals surface area contributed by atoms with Crippen LogP contribution in [0.1, 0.15) is 10.4 Å². The fraction of sp³-hybridized carbons (Fsp3) is 0. The number of carbonyl (C=O) groups excluding carboxylic acids is 1. The number of halogens is 2. The number of imidazole rings is 1. The number of nitrogens with two attached hydrogens (primary N) is 1. The lowest BCUT2D eigenvalue weighted by molar-refractivity contribution is 0.0964. The van der Waals surface area contributed by atoms with Gasteiger partial charge in [-0.05, 0) is 18.2 Å². The molecule has 2 aromatic heterocycles. The van der Waals surface area contributed by atoms with E-state index in [4.69, 9.17) is 28.9 Å². The fourth-order valence-electron chi connectivity index (χ4n) is 1.87. The fourth-order valence-corrected chi connectivity index (χ4v) is 2.36. The summed E-state index contributed by atoms with van der Waals surface area (Å²) in [5.74, 6) is -0.596. The molecule has 0 saturated heterocycles. The Kier molecular flexibility index (Phi) is 3.15. The van der Waals surface area contributed by atoms with Gasteiger partial charge >= 0.3 is 0 Å². The quantitative estimate of drug-likeness (QED) is 0.708. The molecule has 1 aromatic carbocycles. The van der Waals surface area contributed by atoms with Crippen molar-refractivity contribution in [1.29, 1.82) is 0 Å². The van der Waals surface area contributed by atoms with Crippen LogP contribution in [0.25, 0.3) is 11.2 Å². The number of nitrogen functional groups attached to an aromatic ring is 1. The van der Waals surface area contributed by atoms with Gasteiger partial charge in [0.25, 0.3) is 11.5 Å². The zero-order valence-corrected chi connectivity index (χ0v) is 11.8. The highest BCUT2D eigenvalue weighted by Gasteiger charge is 2.18. The van der Waals surface area contributed by atoms with Crippen molar-refractivity contribution in [2.24, 2.45) is 0 Å². The maximum Gasteiger partial charge on any atom is 0.280 e. The normalized spacial score (nSPS) is 11.0. The van der Waals surface area contributed by atoms with Crippen molar-refractivity contribution in [2.45, 2.75) is 0 Å². The van der Waals surface area contributed by atoms with Gasteiger partial charge in [0.1, 0.15) is 6.33 Å². The number of aromatic amines is 1. The van der Waals surface area contributed by atoms with Crippen LogP contribution in [-0.2, 0) is 0 Å². The van der Waals surface area contributed by atoms with Gasteiger partial charge in [0.15, 0.2) is 11.2 Å². The van der Waals surface area contributed by atoms with Gasteiger partial charge in [-0.2, -0.15) is 4.98 Å². The predicted molar refractivity (Wildman–Crippen MR) is 78.8 cm³/mol. The Morgan fingerprint density at radius 1 is 1.33 bits per heavy atom. The number of hydrogen-bond donors (Lipinski definition) is 2. The number of fused-ring (bicyclic) bond motifs is 1. The van der Waals surface area contributed by atoms with Crippen LogP contribution < -0.4 is 11.3 Å². The molecule has 0 radical (unpaired) electrons. The topological polar surface area (TPSA) is 107 Å². The monoisotopic (exact) mass is 323 g/mol. The zero-order chi connectivity index (χ0) is 15.1. The number of benzene rings is 1. The van der Waals surface area contributed by atoms with Crippen LogP contribution in [0.2, 0.25) is 10.0 Å². The Bertz CT molecular complexity index is 931. The van der Waals surface area contributed by atoms with Gasteiger partial charge in [0, 0.05) is 5.02 Å². The molecule has 9 heteroatoms. The Hall–Kier alpha value is -2.38. The molecule has 0 unspecified atom stereocenters. The SMILES string of the molecule is Nc1nc2c(ncn2C(=O)c2ccc(Cl)cc2Cl)c(=O)[nH]1. The summed E-state index contributed by atoms with van der Waals surface area (Å²) in [6.45, 7) is 0. The molecule has 0 aliphatic carbocycles. The van der Waals surface area contributed by atoms with Crippen molar-refractivity contribution < 1.29 is 4.79 Å². The largest absolute Gasteiger partial charge is 0.369 e. The van der Waals surface area contributed by atoms with Crippen LogP contribution in [0.5, 0.6) is 0 Å². The first-order valence-corrected chi connectivity index (χ1v) is 6.45. The van der Waals surface area contributed by atoms with E-state index < -0.39 is 11.5 Å². The molecular formula is C12H7Cl2N5O2. The van der Waals surface area contributed by atoms with Gasteiger partial charge < -0.3 is 5.73 Å². The van der Waals surface area contributed by atoms with E-state index in [0.717, 1.165) is 4.57 Å². The van der Waals surface area contributed by atoms with Crippen molar-refractivity contribution in [3.63, 3.8) is 0 Å². The first-order valence-electron chi connectivity index (χ1n) is 5.70. The van der Waals surface area contributed by atoms with Crippen molar-refractivity contribution >= 4 is 46.2 Å². The summed E-state index contributed by atoms with van der Waals surface area (Å²) in [6.07, 6.45) is 1.19. The summed E-state index contributed by atoms with van der Waals surface area (Å²) in [7, 11) is 0. The van der Waals surface area contributed by atoms with E-state index in [2.05, 4.69) is 15.0 Å². The average Bonchev–Trinajstić information content (AvgIpc) is 2.82. The molecule has 0 amide bonds. The highest BCUT2D eigenvalue weighted by molar-refractivity contribution is 6.36. The Morgan fingerprint density at radius 3 is 2.81 bits per heavy atom. The third-order valence-electron chi connectivity index (χ3n) is 2.81. The van der Waals surface area contributed by atoms with Crippen molar-refractivity contribution in [1.82, 2.24) is 19.5 Å². The van der Waals surface area contributed by atoms with Gasteiger partial charge in [-0.3, -0.25) is 14.6 Å². The van der Waals surface area contributed by atoms with E-state index in [-0.39, 0.29) is 27.7 Å². The van der Waals surface area contributed by atoms with Gasteiger partial charge in [0.2, 0.25) is 5.95 Å². The first-order chi connectivity index (χ1) is 9.97. The average molecular weight is 324 g/mol. The summed E-state index contributed by atoms with van der Waals surface area (Å²) in [6, 6.07) is 4.47. The number of aromatic nitrogens is 4. The second kappa shape index (κ2) is 4.87. The van der Waals surface area contributed by atoms with E-state index >= 15 is 0 Å². The Balaban J connectivity index is 2.20. The van der Waals surface area contributed by atoms with Gasteiger partial charge in [-0.25, -0.2) is 9.55 Å². The van der Waals surface area contributed by atoms with E-state index in [0.29, 0.717) is 5.02 Å². The van der Waals surface area contributed by atoms with E-state index in [1.54, 1.807) is 0 Å². The molecule has 0 aliphatic heterocycles. The number of carbonyl (C=O) groups is 1. The van der Waals surface area contributed by atoms with E-state index in [1.165, 1.54) is 24.5 Å². The van der Waals surface area contributed by atoms with Crippen LogP contribution in [0, 0.1) is 0 Å². The molecular weight excluding hydrogens is 317 g/mol. The minimum Gasteiger partial charge on any atom is -0.369 e. The minimum atomic E-state index is -0.522.